The molecule has 1 aliphatic rings. The van der Waals surface area contributed by atoms with Gasteiger partial charge in [0, 0.05) is 29.7 Å². The average molecular weight is 257 g/mol. The first-order valence-corrected chi connectivity index (χ1v) is 7.15. The minimum Gasteiger partial charge on any atom is -0.373 e. The van der Waals surface area contributed by atoms with Crippen molar-refractivity contribution in [2.24, 2.45) is 0 Å². The Kier molecular flexibility index (Phi) is 2.96. The van der Waals surface area contributed by atoms with Gasteiger partial charge in [-0.1, -0.05) is 23.8 Å². The van der Waals surface area contributed by atoms with Gasteiger partial charge < -0.3 is 5.32 Å². The van der Waals surface area contributed by atoms with E-state index in [4.69, 9.17) is 4.98 Å². The molecule has 3 rings (SSSR count). The molecule has 1 aliphatic heterocycles. The summed E-state index contributed by atoms with van der Waals surface area (Å²) in [6, 6.07) is 8.33. The van der Waals surface area contributed by atoms with E-state index in [1.165, 1.54) is 16.8 Å². The lowest BCUT2D eigenvalue weighted by molar-refractivity contribution is 1.07. The fraction of sp³-hybridized carbons (Fsp3) is 0.286. The predicted molar refractivity (Wildman–Crippen MR) is 76.8 cm³/mol. The first-order valence-electron chi connectivity index (χ1n) is 6.00. The third kappa shape index (κ3) is 1.97. The van der Waals surface area contributed by atoms with Crippen LogP contribution in [0.4, 0.5) is 5.82 Å². The smallest absolute Gasteiger partial charge is 0.161 e. The van der Waals surface area contributed by atoms with Gasteiger partial charge in [-0.3, -0.25) is 0 Å². The maximum atomic E-state index is 4.70. The highest BCUT2D eigenvalue weighted by Crippen LogP contribution is 2.34. The molecule has 0 amide bonds. The fourth-order valence-corrected chi connectivity index (χ4v) is 3.21. The van der Waals surface area contributed by atoms with Crippen molar-refractivity contribution in [3.63, 3.8) is 0 Å². The number of rotatable bonds is 2. The molecule has 2 aromatic rings. The number of benzene rings is 1. The van der Waals surface area contributed by atoms with E-state index < -0.39 is 0 Å². The number of hydrogen-bond donors (Lipinski definition) is 1. The zero-order valence-corrected chi connectivity index (χ0v) is 11.3. The Morgan fingerprint density at radius 3 is 2.89 bits per heavy atom. The van der Waals surface area contributed by atoms with E-state index in [9.17, 15) is 0 Å². The summed E-state index contributed by atoms with van der Waals surface area (Å²) in [5.41, 5.74) is 4.76. The van der Waals surface area contributed by atoms with Gasteiger partial charge in [-0.15, -0.1) is 0 Å². The van der Waals surface area contributed by atoms with Crippen molar-refractivity contribution in [2.75, 3.05) is 12.4 Å². The van der Waals surface area contributed by atoms with Gasteiger partial charge in [-0.25, -0.2) is 9.97 Å². The van der Waals surface area contributed by atoms with Crippen molar-refractivity contribution >= 4 is 17.6 Å². The van der Waals surface area contributed by atoms with Gasteiger partial charge in [0.1, 0.15) is 5.82 Å². The van der Waals surface area contributed by atoms with Crippen molar-refractivity contribution in [1.29, 1.82) is 0 Å². The Bertz CT molecular complexity index is 596. The summed E-state index contributed by atoms with van der Waals surface area (Å²) < 4.78 is 0. The van der Waals surface area contributed by atoms with Crippen LogP contribution < -0.4 is 5.32 Å². The third-order valence-corrected chi connectivity index (χ3v) is 4.06. The molecule has 1 aromatic carbocycles. The number of thioether (sulfide) groups is 1. The summed E-state index contributed by atoms with van der Waals surface area (Å²) in [7, 11) is 1.92. The molecule has 0 fully saturated rings. The van der Waals surface area contributed by atoms with Crippen LogP contribution in [0.2, 0.25) is 0 Å². The van der Waals surface area contributed by atoms with Crippen molar-refractivity contribution in [1.82, 2.24) is 9.97 Å². The second-order valence-electron chi connectivity index (χ2n) is 4.43. The molecule has 1 aromatic heterocycles. The lowest BCUT2D eigenvalue weighted by atomic mass is 10.1. The topological polar surface area (TPSA) is 37.8 Å². The Hall–Kier alpha value is -1.55. The fourth-order valence-electron chi connectivity index (χ4n) is 2.17. The molecule has 0 aliphatic carbocycles. The molecular formula is C14H15N3S. The third-order valence-electron chi connectivity index (χ3n) is 3.09. The molecule has 92 valence electrons. The first-order chi connectivity index (χ1) is 8.78. The lowest BCUT2D eigenvalue weighted by Gasteiger charge is -2.09. The quantitative estimate of drug-likeness (QED) is 0.896. The van der Waals surface area contributed by atoms with Crippen molar-refractivity contribution < 1.29 is 0 Å². The largest absolute Gasteiger partial charge is 0.373 e. The Morgan fingerprint density at radius 2 is 2.11 bits per heavy atom. The van der Waals surface area contributed by atoms with Crippen LogP contribution in [0.15, 0.2) is 24.3 Å². The highest BCUT2D eigenvalue weighted by Gasteiger charge is 2.19. The van der Waals surface area contributed by atoms with Gasteiger partial charge in [0.15, 0.2) is 5.82 Å². The molecular weight excluding hydrogens is 242 g/mol. The molecule has 0 spiro atoms. The van der Waals surface area contributed by atoms with Gasteiger partial charge in [0.25, 0.3) is 0 Å². The minimum absolute atomic E-state index is 0.823. The monoisotopic (exact) mass is 257 g/mol. The zero-order valence-electron chi connectivity index (χ0n) is 10.5. The predicted octanol–water partition coefficient (Wildman–Crippen LogP) is 3.24. The van der Waals surface area contributed by atoms with Gasteiger partial charge in [-0.05, 0) is 13.0 Å². The summed E-state index contributed by atoms with van der Waals surface area (Å²) in [5, 5.41) is 3.19. The molecule has 4 heteroatoms. The highest BCUT2D eigenvalue weighted by molar-refractivity contribution is 7.98. The number of fused-ring (bicyclic) bond motifs is 1. The van der Waals surface area contributed by atoms with Crippen LogP contribution in [0.5, 0.6) is 0 Å². The van der Waals surface area contributed by atoms with Crippen LogP contribution in [0, 0.1) is 6.92 Å². The van der Waals surface area contributed by atoms with E-state index in [0.29, 0.717) is 0 Å². The van der Waals surface area contributed by atoms with E-state index in [2.05, 4.69) is 41.5 Å². The summed E-state index contributed by atoms with van der Waals surface area (Å²) in [6.45, 7) is 2.09. The molecule has 3 nitrogen and oxygen atoms in total. The average Bonchev–Trinajstić information content (AvgIpc) is 2.85. The summed E-state index contributed by atoms with van der Waals surface area (Å²) in [5.74, 6) is 3.80. The van der Waals surface area contributed by atoms with Gasteiger partial charge in [0.05, 0.1) is 5.69 Å². The van der Waals surface area contributed by atoms with Gasteiger partial charge >= 0.3 is 0 Å². The molecule has 0 saturated carbocycles. The van der Waals surface area contributed by atoms with Crippen molar-refractivity contribution in [3.05, 3.63) is 41.1 Å². The van der Waals surface area contributed by atoms with Crippen LogP contribution in [0.3, 0.4) is 0 Å². The SMILES string of the molecule is CNc1nc(-c2cccc(C)c2)nc2c1CSC2. The number of anilines is 1. The summed E-state index contributed by atoms with van der Waals surface area (Å²) in [6.07, 6.45) is 0. The molecule has 18 heavy (non-hydrogen) atoms. The van der Waals surface area contributed by atoms with Crippen molar-refractivity contribution in [2.45, 2.75) is 18.4 Å². The zero-order chi connectivity index (χ0) is 12.5. The molecule has 0 unspecified atom stereocenters. The number of aromatic nitrogens is 2. The highest BCUT2D eigenvalue weighted by atomic mass is 32.2. The van der Waals surface area contributed by atoms with Gasteiger partial charge in [0.2, 0.25) is 0 Å². The van der Waals surface area contributed by atoms with Crippen LogP contribution in [-0.2, 0) is 11.5 Å². The maximum Gasteiger partial charge on any atom is 0.161 e. The molecule has 2 heterocycles. The molecule has 1 N–H and O–H groups in total. The summed E-state index contributed by atoms with van der Waals surface area (Å²) in [4.78, 5) is 9.34. The summed E-state index contributed by atoms with van der Waals surface area (Å²) >= 11 is 1.90. The van der Waals surface area contributed by atoms with E-state index >= 15 is 0 Å². The van der Waals surface area contributed by atoms with E-state index in [1.807, 2.05) is 18.8 Å². The van der Waals surface area contributed by atoms with E-state index in [-0.39, 0.29) is 0 Å². The standard InChI is InChI=1S/C14H15N3S/c1-9-4-3-5-10(6-9)13-16-12-8-18-7-11(12)14(15-2)17-13/h3-6H,7-8H2,1-2H3,(H,15,16,17). The molecule has 0 bridgehead atoms. The number of nitrogens with one attached hydrogen (secondary N) is 1. The number of aryl methyl sites for hydroxylation is 1. The Morgan fingerprint density at radius 1 is 1.22 bits per heavy atom. The van der Waals surface area contributed by atoms with Crippen LogP contribution in [-0.4, -0.2) is 17.0 Å². The second-order valence-corrected chi connectivity index (χ2v) is 5.42. The minimum atomic E-state index is 0.823. The Labute approximate surface area is 111 Å². The van der Waals surface area contributed by atoms with Crippen LogP contribution >= 0.6 is 11.8 Å². The lowest BCUT2D eigenvalue weighted by Crippen LogP contribution is -2.03. The van der Waals surface area contributed by atoms with Crippen LogP contribution in [0.1, 0.15) is 16.8 Å². The Balaban J connectivity index is 2.13. The molecule has 0 radical (unpaired) electrons. The van der Waals surface area contributed by atoms with Gasteiger partial charge in [-0.2, -0.15) is 11.8 Å². The second kappa shape index (κ2) is 4.61. The first kappa shape index (κ1) is 11.5. The van der Waals surface area contributed by atoms with E-state index in [1.54, 1.807) is 0 Å². The number of nitrogens with zero attached hydrogens (tertiary/aromatic N) is 2. The van der Waals surface area contributed by atoms with E-state index in [0.717, 1.165) is 28.7 Å². The van der Waals surface area contributed by atoms with Crippen molar-refractivity contribution in [3.8, 4) is 11.4 Å². The van der Waals surface area contributed by atoms with Crippen LogP contribution in [0.25, 0.3) is 11.4 Å². The molecule has 0 saturated heterocycles. The normalized spacial score (nSPS) is 13.4. The molecule has 0 atom stereocenters. The maximum absolute atomic E-state index is 4.70. The number of hydrogen-bond acceptors (Lipinski definition) is 4.